The van der Waals surface area contributed by atoms with Gasteiger partial charge in [-0.2, -0.15) is 0 Å². The number of anilines is 1. The summed E-state index contributed by atoms with van der Waals surface area (Å²) in [4.78, 5) is 29.7. The number of rotatable bonds is 5. The molecule has 0 aliphatic heterocycles. The summed E-state index contributed by atoms with van der Waals surface area (Å²) in [7, 11) is 0. The summed E-state index contributed by atoms with van der Waals surface area (Å²) in [5.41, 5.74) is 4.01. The number of ether oxygens (including phenoxy) is 1. The normalized spacial score (nSPS) is 10.5. The van der Waals surface area contributed by atoms with Crippen LogP contribution < -0.4 is 5.32 Å². The molecule has 6 heteroatoms. The Balaban J connectivity index is 1.92. The third-order valence-electron chi connectivity index (χ3n) is 4.12. The molecule has 3 rings (SSSR count). The van der Waals surface area contributed by atoms with Crippen LogP contribution in [0.25, 0.3) is 11.3 Å². The highest BCUT2D eigenvalue weighted by atomic mass is 32.1. The third kappa shape index (κ3) is 4.23. The molecule has 0 spiro atoms. The van der Waals surface area contributed by atoms with Crippen molar-refractivity contribution in [3.8, 4) is 11.3 Å². The second kappa shape index (κ2) is 8.14. The first-order valence-electron chi connectivity index (χ1n) is 8.61. The van der Waals surface area contributed by atoms with Gasteiger partial charge in [0.15, 0.2) is 5.13 Å². The van der Waals surface area contributed by atoms with E-state index in [2.05, 4.69) is 10.3 Å². The van der Waals surface area contributed by atoms with Crippen LogP contribution in [0.2, 0.25) is 0 Å². The molecule has 5 nitrogen and oxygen atoms in total. The second-order valence-electron chi connectivity index (χ2n) is 6.04. The molecule has 0 fully saturated rings. The minimum Gasteiger partial charge on any atom is -0.462 e. The molecule has 27 heavy (non-hydrogen) atoms. The summed E-state index contributed by atoms with van der Waals surface area (Å²) in [6.07, 6.45) is 0. The van der Waals surface area contributed by atoms with Crippen LogP contribution in [0.5, 0.6) is 0 Å². The lowest BCUT2D eigenvalue weighted by Crippen LogP contribution is -2.12. The van der Waals surface area contributed by atoms with Crippen molar-refractivity contribution in [2.24, 2.45) is 0 Å². The number of aryl methyl sites for hydroxylation is 2. The molecule has 1 heterocycles. The zero-order chi connectivity index (χ0) is 19.4. The molecular weight excluding hydrogens is 360 g/mol. The first-order chi connectivity index (χ1) is 13.0. The van der Waals surface area contributed by atoms with Crippen LogP contribution in [0.1, 0.15) is 38.1 Å². The maximum atomic E-state index is 12.6. The van der Waals surface area contributed by atoms with E-state index >= 15 is 0 Å². The summed E-state index contributed by atoms with van der Waals surface area (Å²) in [5.74, 6) is -0.706. The van der Waals surface area contributed by atoms with Gasteiger partial charge in [-0.15, -0.1) is 0 Å². The lowest BCUT2D eigenvalue weighted by Gasteiger charge is -2.04. The van der Waals surface area contributed by atoms with Crippen molar-refractivity contribution < 1.29 is 14.3 Å². The van der Waals surface area contributed by atoms with E-state index in [9.17, 15) is 9.59 Å². The molecule has 0 radical (unpaired) electrons. The molecule has 1 aromatic heterocycles. The number of amides is 1. The van der Waals surface area contributed by atoms with Crippen molar-refractivity contribution >= 4 is 28.3 Å². The zero-order valence-electron chi connectivity index (χ0n) is 15.4. The van der Waals surface area contributed by atoms with Crippen LogP contribution >= 0.6 is 11.3 Å². The lowest BCUT2D eigenvalue weighted by atomic mass is 10.1. The van der Waals surface area contributed by atoms with Gasteiger partial charge in [0.25, 0.3) is 5.91 Å². The Bertz CT molecular complexity index is 980. The van der Waals surface area contributed by atoms with Crippen molar-refractivity contribution in [3.05, 3.63) is 70.1 Å². The number of hydrogen-bond acceptors (Lipinski definition) is 5. The number of benzene rings is 2. The molecule has 0 saturated heterocycles. The molecular formula is C21H20N2O3S. The number of thiazole rings is 1. The Hall–Kier alpha value is -2.99. The van der Waals surface area contributed by atoms with E-state index in [0.717, 1.165) is 28.0 Å². The van der Waals surface area contributed by atoms with Gasteiger partial charge in [-0.3, -0.25) is 10.1 Å². The maximum absolute atomic E-state index is 12.6. The van der Waals surface area contributed by atoms with E-state index in [1.807, 2.05) is 56.3 Å². The molecule has 0 atom stereocenters. The van der Waals surface area contributed by atoms with E-state index in [-0.39, 0.29) is 12.5 Å². The Kier molecular flexibility index (Phi) is 5.66. The zero-order valence-corrected chi connectivity index (χ0v) is 16.2. The minimum absolute atomic E-state index is 0.262. The van der Waals surface area contributed by atoms with E-state index in [1.165, 1.54) is 0 Å². The highest BCUT2D eigenvalue weighted by Crippen LogP contribution is 2.32. The van der Waals surface area contributed by atoms with Gasteiger partial charge < -0.3 is 4.74 Å². The van der Waals surface area contributed by atoms with Crippen molar-refractivity contribution in [2.45, 2.75) is 20.8 Å². The first kappa shape index (κ1) is 18.8. The smallest absolute Gasteiger partial charge is 0.350 e. The first-order valence-corrected chi connectivity index (χ1v) is 9.43. The van der Waals surface area contributed by atoms with Crippen LogP contribution in [-0.2, 0) is 4.74 Å². The molecule has 1 amide bonds. The van der Waals surface area contributed by atoms with E-state index in [4.69, 9.17) is 4.74 Å². The van der Waals surface area contributed by atoms with Crippen LogP contribution in [0.4, 0.5) is 5.13 Å². The monoisotopic (exact) mass is 380 g/mol. The molecule has 0 saturated carbocycles. The summed E-state index contributed by atoms with van der Waals surface area (Å²) in [6, 6.07) is 14.9. The van der Waals surface area contributed by atoms with Crippen LogP contribution in [-0.4, -0.2) is 23.5 Å². The van der Waals surface area contributed by atoms with Crippen LogP contribution in [0.3, 0.4) is 0 Å². The molecule has 0 aliphatic rings. The third-order valence-corrected chi connectivity index (χ3v) is 5.08. The SMILES string of the molecule is CCOC(=O)c1sc(NC(=O)c2ccc(C)c(C)c2)nc1-c1ccccc1. The van der Waals surface area contributed by atoms with Gasteiger partial charge in [-0.05, 0) is 44.0 Å². The fourth-order valence-corrected chi connectivity index (χ4v) is 3.43. The number of nitrogens with zero attached hydrogens (tertiary/aromatic N) is 1. The van der Waals surface area contributed by atoms with E-state index < -0.39 is 5.97 Å². The number of nitrogens with one attached hydrogen (secondary N) is 1. The summed E-state index contributed by atoms with van der Waals surface area (Å²) in [6.45, 7) is 5.98. The van der Waals surface area contributed by atoms with Crippen molar-refractivity contribution in [3.63, 3.8) is 0 Å². The standard InChI is InChI=1S/C21H20N2O3S/c1-4-26-20(25)18-17(15-8-6-5-7-9-15)22-21(27-18)23-19(24)16-11-10-13(2)14(3)12-16/h5-12H,4H2,1-3H3,(H,22,23,24). The Morgan fingerprint density at radius 1 is 1.07 bits per heavy atom. The second-order valence-corrected chi connectivity index (χ2v) is 7.04. The van der Waals surface area contributed by atoms with E-state index in [0.29, 0.717) is 21.3 Å². The number of carbonyl (C=O) groups is 2. The fourth-order valence-electron chi connectivity index (χ4n) is 2.55. The number of esters is 1. The molecule has 0 bridgehead atoms. The summed E-state index contributed by atoms with van der Waals surface area (Å²) in [5, 5.41) is 3.15. The van der Waals surface area contributed by atoms with Gasteiger partial charge in [0.1, 0.15) is 4.88 Å². The Morgan fingerprint density at radius 3 is 2.48 bits per heavy atom. The fraction of sp³-hybridized carbons (Fsp3) is 0.190. The predicted molar refractivity (Wildman–Crippen MR) is 107 cm³/mol. The maximum Gasteiger partial charge on any atom is 0.350 e. The van der Waals surface area contributed by atoms with Gasteiger partial charge in [0, 0.05) is 11.1 Å². The van der Waals surface area contributed by atoms with Crippen molar-refractivity contribution in [1.82, 2.24) is 4.98 Å². The average molecular weight is 380 g/mol. The van der Waals surface area contributed by atoms with E-state index in [1.54, 1.807) is 13.0 Å². The molecule has 0 aliphatic carbocycles. The average Bonchev–Trinajstić information content (AvgIpc) is 3.09. The minimum atomic E-state index is -0.444. The topological polar surface area (TPSA) is 68.3 Å². The highest BCUT2D eigenvalue weighted by molar-refractivity contribution is 7.18. The predicted octanol–water partition coefficient (Wildman–Crippen LogP) is 4.86. The van der Waals surface area contributed by atoms with Gasteiger partial charge in [-0.25, -0.2) is 9.78 Å². The van der Waals surface area contributed by atoms with Gasteiger partial charge in [0.05, 0.1) is 12.3 Å². The Morgan fingerprint density at radius 2 is 1.81 bits per heavy atom. The highest BCUT2D eigenvalue weighted by Gasteiger charge is 2.21. The largest absolute Gasteiger partial charge is 0.462 e. The summed E-state index contributed by atoms with van der Waals surface area (Å²) >= 11 is 1.12. The van der Waals surface area contributed by atoms with Crippen molar-refractivity contribution in [1.29, 1.82) is 0 Å². The van der Waals surface area contributed by atoms with Gasteiger partial charge in [0.2, 0.25) is 0 Å². The molecule has 0 unspecified atom stereocenters. The molecule has 3 aromatic rings. The van der Waals surface area contributed by atoms with Gasteiger partial charge >= 0.3 is 5.97 Å². The molecule has 1 N–H and O–H groups in total. The quantitative estimate of drug-likeness (QED) is 0.642. The number of aromatic nitrogens is 1. The van der Waals surface area contributed by atoms with Crippen molar-refractivity contribution in [2.75, 3.05) is 11.9 Å². The molecule has 138 valence electrons. The van der Waals surface area contributed by atoms with Gasteiger partial charge in [-0.1, -0.05) is 47.7 Å². The molecule has 2 aromatic carbocycles. The van der Waals surface area contributed by atoms with Crippen LogP contribution in [0.15, 0.2) is 48.5 Å². The Labute approximate surface area is 162 Å². The summed E-state index contributed by atoms with van der Waals surface area (Å²) < 4.78 is 5.14. The number of carbonyl (C=O) groups excluding carboxylic acids is 2. The number of hydrogen-bond donors (Lipinski definition) is 1. The van der Waals surface area contributed by atoms with Crippen LogP contribution in [0, 0.1) is 13.8 Å². The lowest BCUT2D eigenvalue weighted by molar-refractivity contribution is 0.0532.